The van der Waals surface area contributed by atoms with E-state index in [9.17, 15) is 4.79 Å². The minimum atomic E-state index is -0.439. The molecular weight excluding hydrogens is 290 g/mol. The van der Waals surface area contributed by atoms with Gasteiger partial charge in [0.25, 0.3) is 0 Å². The molecule has 1 rings (SSSR count). The molecule has 23 heavy (non-hydrogen) atoms. The Balaban J connectivity index is 2.48. The van der Waals surface area contributed by atoms with E-state index in [1.807, 2.05) is 20.8 Å². The van der Waals surface area contributed by atoms with E-state index in [0.717, 1.165) is 6.54 Å². The summed E-state index contributed by atoms with van der Waals surface area (Å²) in [4.78, 5) is 14.1. The molecule has 5 heteroatoms. The highest BCUT2D eigenvalue weighted by Crippen LogP contribution is 2.26. The third-order valence-corrected chi connectivity index (χ3v) is 4.36. The second kappa shape index (κ2) is 8.88. The summed E-state index contributed by atoms with van der Waals surface area (Å²) in [5.74, 6) is 1.09. The minimum Gasteiger partial charge on any atom is -0.444 e. The molecule has 0 aromatic rings. The maximum atomic E-state index is 11.8. The number of rotatable bonds is 7. The molecule has 0 saturated heterocycles. The maximum Gasteiger partial charge on any atom is 0.407 e. The SMILES string of the molecule is CC(C)C(CN(C)C)NC1CCCC1CNC(=O)OC(C)(C)C. The first-order valence-corrected chi connectivity index (χ1v) is 8.96. The number of carbonyl (C=O) groups excluding carboxylic acids is 1. The standard InChI is InChI=1S/C18H37N3O2/c1-13(2)16(12-21(6)7)20-15-10-8-9-14(15)11-19-17(22)23-18(3,4)5/h13-16,20H,8-12H2,1-7H3,(H,19,22). The van der Waals surface area contributed by atoms with Crippen LogP contribution in [-0.4, -0.2) is 55.9 Å². The van der Waals surface area contributed by atoms with Crippen molar-refractivity contribution in [2.75, 3.05) is 27.2 Å². The van der Waals surface area contributed by atoms with Crippen molar-refractivity contribution < 1.29 is 9.53 Å². The average Bonchev–Trinajstić information content (AvgIpc) is 2.80. The molecule has 3 unspecified atom stereocenters. The van der Waals surface area contributed by atoms with Crippen LogP contribution < -0.4 is 10.6 Å². The lowest BCUT2D eigenvalue weighted by molar-refractivity contribution is 0.0516. The van der Waals surface area contributed by atoms with Crippen LogP contribution in [0.1, 0.15) is 53.9 Å². The molecule has 1 aliphatic carbocycles. The Labute approximate surface area is 142 Å². The molecule has 0 bridgehead atoms. The van der Waals surface area contributed by atoms with E-state index in [1.165, 1.54) is 19.3 Å². The number of hydrogen-bond donors (Lipinski definition) is 2. The van der Waals surface area contributed by atoms with Crippen LogP contribution >= 0.6 is 0 Å². The monoisotopic (exact) mass is 327 g/mol. The van der Waals surface area contributed by atoms with Crippen LogP contribution in [0.5, 0.6) is 0 Å². The topological polar surface area (TPSA) is 53.6 Å². The lowest BCUT2D eigenvalue weighted by atomic mass is 9.98. The zero-order valence-corrected chi connectivity index (χ0v) is 16.1. The number of likely N-dealkylation sites (N-methyl/N-ethyl adjacent to an activating group) is 1. The number of nitrogens with one attached hydrogen (secondary N) is 2. The van der Waals surface area contributed by atoms with Crippen molar-refractivity contribution in [1.29, 1.82) is 0 Å². The minimum absolute atomic E-state index is 0.308. The van der Waals surface area contributed by atoms with Crippen molar-refractivity contribution in [1.82, 2.24) is 15.5 Å². The molecule has 0 spiro atoms. The molecule has 3 atom stereocenters. The van der Waals surface area contributed by atoms with Gasteiger partial charge < -0.3 is 20.3 Å². The number of carbonyl (C=O) groups is 1. The van der Waals surface area contributed by atoms with E-state index in [4.69, 9.17) is 4.74 Å². The molecule has 2 N–H and O–H groups in total. The summed E-state index contributed by atoms with van der Waals surface area (Å²) < 4.78 is 5.33. The third-order valence-electron chi connectivity index (χ3n) is 4.36. The first-order chi connectivity index (χ1) is 10.6. The Morgan fingerprint density at radius 1 is 1.26 bits per heavy atom. The fourth-order valence-corrected chi connectivity index (χ4v) is 3.15. The van der Waals surface area contributed by atoms with Gasteiger partial charge in [-0.1, -0.05) is 20.3 Å². The molecule has 0 aliphatic heterocycles. The Morgan fingerprint density at radius 3 is 2.43 bits per heavy atom. The van der Waals surface area contributed by atoms with E-state index >= 15 is 0 Å². The van der Waals surface area contributed by atoms with Gasteiger partial charge in [0.2, 0.25) is 0 Å². The predicted molar refractivity (Wildman–Crippen MR) is 95.7 cm³/mol. The highest BCUT2D eigenvalue weighted by atomic mass is 16.6. The number of ether oxygens (including phenoxy) is 1. The summed E-state index contributed by atoms with van der Waals surface area (Å²) in [6.45, 7) is 11.9. The van der Waals surface area contributed by atoms with Gasteiger partial charge in [0.1, 0.15) is 5.60 Å². The van der Waals surface area contributed by atoms with Gasteiger partial charge in [-0.25, -0.2) is 4.79 Å². The summed E-state index contributed by atoms with van der Waals surface area (Å²) in [6.07, 6.45) is 3.28. The van der Waals surface area contributed by atoms with Gasteiger partial charge in [0.05, 0.1) is 0 Å². The summed E-state index contributed by atoms with van der Waals surface area (Å²) in [6, 6.07) is 0.967. The Morgan fingerprint density at radius 2 is 1.91 bits per heavy atom. The normalized spacial score (nSPS) is 23.3. The smallest absolute Gasteiger partial charge is 0.407 e. The Kier molecular flexibility index (Phi) is 7.81. The van der Waals surface area contributed by atoms with E-state index < -0.39 is 5.60 Å². The van der Waals surface area contributed by atoms with E-state index in [1.54, 1.807) is 0 Å². The molecule has 5 nitrogen and oxygen atoms in total. The second-order valence-corrected chi connectivity index (χ2v) is 8.46. The largest absolute Gasteiger partial charge is 0.444 e. The zero-order chi connectivity index (χ0) is 17.6. The van der Waals surface area contributed by atoms with Crippen LogP contribution in [0.2, 0.25) is 0 Å². The molecule has 1 saturated carbocycles. The predicted octanol–water partition coefficient (Wildman–Crippen LogP) is 2.86. The Bertz CT molecular complexity index is 364. The van der Waals surface area contributed by atoms with Gasteiger partial charge >= 0.3 is 6.09 Å². The summed E-state index contributed by atoms with van der Waals surface area (Å²) in [5.41, 5.74) is -0.439. The molecule has 1 amide bonds. The second-order valence-electron chi connectivity index (χ2n) is 8.46. The molecule has 0 radical (unpaired) electrons. The molecule has 0 heterocycles. The first kappa shape index (κ1) is 20.2. The molecule has 136 valence electrons. The highest BCUT2D eigenvalue weighted by molar-refractivity contribution is 5.67. The number of nitrogens with zero attached hydrogens (tertiary/aromatic N) is 1. The van der Waals surface area contributed by atoms with Gasteiger partial charge in [-0.3, -0.25) is 0 Å². The van der Waals surface area contributed by atoms with Gasteiger partial charge in [0, 0.05) is 25.2 Å². The van der Waals surface area contributed by atoms with Gasteiger partial charge in [0.15, 0.2) is 0 Å². The average molecular weight is 328 g/mol. The summed E-state index contributed by atoms with van der Waals surface area (Å²) >= 11 is 0. The lowest BCUT2D eigenvalue weighted by Crippen LogP contribution is -2.50. The van der Waals surface area contributed by atoms with Crippen molar-refractivity contribution in [3.05, 3.63) is 0 Å². The fraction of sp³-hybridized carbons (Fsp3) is 0.944. The quantitative estimate of drug-likeness (QED) is 0.755. The van der Waals surface area contributed by atoms with E-state index in [0.29, 0.717) is 30.5 Å². The summed E-state index contributed by atoms with van der Waals surface area (Å²) in [5, 5.41) is 6.78. The van der Waals surface area contributed by atoms with Gasteiger partial charge in [-0.2, -0.15) is 0 Å². The maximum absolute atomic E-state index is 11.8. The lowest BCUT2D eigenvalue weighted by Gasteiger charge is -2.31. The van der Waals surface area contributed by atoms with Crippen LogP contribution in [0.4, 0.5) is 4.79 Å². The van der Waals surface area contributed by atoms with Crippen LogP contribution in [0, 0.1) is 11.8 Å². The third kappa shape index (κ3) is 8.02. The van der Waals surface area contributed by atoms with Gasteiger partial charge in [-0.05, 0) is 59.5 Å². The molecule has 1 aliphatic rings. The number of alkyl carbamates (subject to hydrolysis) is 1. The molecule has 0 aromatic carbocycles. The van der Waals surface area contributed by atoms with Crippen LogP contribution in [0.25, 0.3) is 0 Å². The Hall–Kier alpha value is -0.810. The van der Waals surface area contributed by atoms with Gasteiger partial charge in [-0.15, -0.1) is 0 Å². The van der Waals surface area contributed by atoms with Crippen LogP contribution in [-0.2, 0) is 4.74 Å². The molecule has 1 fully saturated rings. The van der Waals surface area contributed by atoms with Crippen molar-refractivity contribution in [3.63, 3.8) is 0 Å². The summed E-state index contributed by atoms with van der Waals surface area (Å²) in [7, 11) is 4.24. The first-order valence-electron chi connectivity index (χ1n) is 8.96. The molecule has 0 aromatic heterocycles. The number of amides is 1. The fourth-order valence-electron chi connectivity index (χ4n) is 3.15. The molecular formula is C18H37N3O2. The van der Waals surface area contributed by atoms with E-state index in [2.05, 4.69) is 43.5 Å². The van der Waals surface area contributed by atoms with Crippen molar-refractivity contribution in [2.45, 2.75) is 71.6 Å². The highest BCUT2D eigenvalue weighted by Gasteiger charge is 2.30. The van der Waals surface area contributed by atoms with Crippen molar-refractivity contribution in [3.8, 4) is 0 Å². The van der Waals surface area contributed by atoms with Crippen molar-refractivity contribution in [2.24, 2.45) is 11.8 Å². The van der Waals surface area contributed by atoms with Crippen LogP contribution in [0.15, 0.2) is 0 Å². The zero-order valence-electron chi connectivity index (χ0n) is 16.1. The number of hydrogen-bond acceptors (Lipinski definition) is 4. The van der Waals surface area contributed by atoms with Crippen molar-refractivity contribution >= 4 is 6.09 Å². The van der Waals surface area contributed by atoms with E-state index in [-0.39, 0.29) is 6.09 Å². The van der Waals surface area contributed by atoms with Crippen LogP contribution in [0.3, 0.4) is 0 Å².